The van der Waals surface area contributed by atoms with Crippen LogP contribution in [-0.2, 0) is 95.5 Å². The minimum absolute atomic E-state index is 0. The minimum atomic E-state index is 0. The Morgan fingerprint density at radius 3 is 0.231 bits per heavy atom. The van der Waals surface area contributed by atoms with Crippen molar-refractivity contribution in [2.45, 2.75) is 0 Å². The van der Waals surface area contributed by atoms with Gasteiger partial charge < -0.3 is 43.8 Å². The molecule has 0 aromatic rings. The first kappa shape index (κ1) is 461. The third-order valence-electron chi connectivity index (χ3n) is 0. The maximum absolute atomic E-state index is 0. The van der Waals surface area contributed by atoms with Crippen molar-refractivity contribution in [3.63, 3.8) is 0 Å². The van der Waals surface area contributed by atoms with Gasteiger partial charge in [0.25, 0.3) is 0 Å². The van der Waals surface area contributed by atoms with Crippen LogP contribution in [-0.4, -0.2) is 43.8 Å². The van der Waals surface area contributed by atoms with E-state index in [0.717, 1.165) is 0 Å². The van der Waals surface area contributed by atoms with Crippen molar-refractivity contribution in [2.24, 2.45) is 0 Å². The van der Waals surface area contributed by atoms with Crippen molar-refractivity contribution in [1.29, 1.82) is 0 Å². The topological polar surface area (TPSA) is 252 Å². The van der Waals surface area contributed by atoms with Crippen LogP contribution in [0, 0.1) is 0 Å². The average Bonchev–Trinajstić information content (AvgIpc) is 0. The normalized spacial score (nSPS) is 0. The van der Waals surface area contributed by atoms with Crippen LogP contribution in [0.1, 0.15) is 0 Å². The predicted octanol–water partition coefficient (Wildman–Crippen LogP) is -6.61. The molecule has 0 saturated heterocycles. The van der Waals surface area contributed by atoms with Crippen molar-refractivity contribution in [3.05, 3.63) is 0 Å². The molecule has 0 atom stereocenters. The van der Waals surface area contributed by atoms with Gasteiger partial charge in [0.15, 0.2) is 0 Å². The van der Waals surface area contributed by atoms with Crippen molar-refractivity contribution in [3.8, 4) is 0 Å². The molecule has 0 heterocycles. The molecule has 16 N–H and O–H groups in total. The summed E-state index contributed by atoms with van der Waals surface area (Å²) in [6.07, 6.45) is 0. The molecule has 0 unspecified atom stereocenters. The molecule has 13 heteroatoms. The first-order chi connectivity index (χ1) is 0. The quantitative estimate of drug-likeness (QED) is 0.317. The molecule has 0 spiro atoms. The Balaban J connectivity index is 0. The van der Waals surface area contributed by atoms with E-state index >= 15 is 0 Å². The van der Waals surface area contributed by atoms with E-state index in [2.05, 4.69) is 0 Å². The molecule has 0 aliphatic carbocycles. The SMILES string of the molecule is O.O.O.O.O.O.O.O.[V].[V].[Zn].[Zn].[Zn]. The third kappa shape index (κ3) is 322. The second-order valence-electron chi connectivity index (χ2n) is 0. The summed E-state index contributed by atoms with van der Waals surface area (Å²) in [7, 11) is 0. The van der Waals surface area contributed by atoms with E-state index in [0.29, 0.717) is 0 Å². The first-order valence-electron chi connectivity index (χ1n) is 0. The molecule has 13 heavy (non-hydrogen) atoms. The van der Waals surface area contributed by atoms with Crippen LogP contribution in [0.3, 0.4) is 0 Å². The Kier molecular flexibility index (Phi) is 13300. The fourth-order valence-corrected chi connectivity index (χ4v) is 0. The number of hydrogen-bond donors (Lipinski definition) is 0. The summed E-state index contributed by atoms with van der Waals surface area (Å²) in [5.74, 6) is 0. The van der Waals surface area contributed by atoms with Crippen LogP contribution in [0.2, 0.25) is 0 Å². The van der Waals surface area contributed by atoms with Gasteiger partial charge in [-0.3, -0.25) is 0 Å². The second-order valence-corrected chi connectivity index (χ2v) is 0. The van der Waals surface area contributed by atoms with Gasteiger partial charge in [-0.1, -0.05) is 0 Å². The first-order valence-corrected chi connectivity index (χ1v) is 0. The molecule has 8 nitrogen and oxygen atoms in total. The van der Waals surface area contributed by atoms with E-state index in [1.54, 1.807) is 0 Å². The molecular weight excluding hydrogens is 426 g/mol. The minimum Gasteiger partial charge on any atom is -0.412 e. The smallest absolute Gasteiger partial charge is 0 e. The fourth-order valence-electron chi connectivity index (χ4n) is 0. The van der Waals surface area contributed by atoms with Crippen LogP contribution in [0.15, 0.2) is 0 Å². The van der Waals surface area contributed by atoms with Gasteiger partial charge in [-0.25, -0.2) is 0 Å². The van der Waals surface area contributed by atoms with Crippen LogP contribution in [0.4, 0.5) is 0 Å². The second kappa shape index (κ2) is 375. The van der Waals surface area contributed by atoms with E-state index in [1.807, 2.05) is 0 Å². The molecule has 0 aliphatic rings. The maximum Gasteiger partial charge on any atom is 0 e. The summed E-state index contributed by atoms with van der Waals surface area (Å²) >= 11 is 0. The molecule has 0 saturated carbocycles. The summed E-state index contributed by atoms with van der Waals surface area (Å²) in [5.41, 5.74) is 0. The van der Waals surface area contributed by atoms with Gasteiger partial charge in [-0.05, 0) is 0 Å². The van der Waals surface area contributed by atoms with E-state index < -0.39 is 0 Å². The van der Waals surface area contributed by atoms with Crippen LogP contribution < -0.4 is 0 Å². The molecule has 0 amide bonds. The van der Waals surface area contributed by atoms with E-state index in [-0.39, 0.29) is 139 Å². The Morgan fingerprint density at radius 1 is 0.231 bits per heavy atom. The molecule has 0 rings (SSSR count). The van der Waals surface area contributed by atoms with Gasteiger partial charge in [0.05, 0.1) is 0 Å². The monoisotopic (exact) mass is 438 g/mol. The average molecular weight is 442 g/mol. The van der Waals surface area contributed by atoms with Crippen molar-refractivity contribution in [1.82, 2.24) is 0 Å². The van der Waals surface area contributed by atoms with Crippen molar-refractivity contribution >= 4 is 0 Å². The van der Waals surface area contributed by atoms with Crippen LogP contribution in [0.5, 0.6) is 0 Å². The van der Waals surface area contributed by atoms with Gasteiger partial charge in [0, 0.05) is 95.5 Å². The Labute approximate surface area is 138 Å². The number of hydrogen-bond acceptors (Lipinski definition) is 0. The van der Waals surface area contributed by atoms with Crippen molar-refractivity contribution in [2.75, 3.05) is 0 Å². The Hall–Kier alpha value is 2.72. The van der Waals surface area contributed by atoms with E-state index in [4.69, 9.17) is 0 Å². The zero-order valence-electron chi connectivity index (χ0n) is 7.02. The molecule has 0 aliphatic heterocycles. The zero-order valence-corrected chi connectivity index (χ0v) is 18.7. The standard InChI is InChI=1S/8H2O.2V.3Zn/h8*1H2;;;;;. The van der Waals surface area contributed by atoms with Crippen molar-refractivity contribution < 1.29 is 139 Å². The van der Waals surface area contributed by atoms with E-state index in [9.17, 15) is 0 Å². The molecule has 2 radical (unpaired) electrons. The Bertz CT molecular complexity index is 17.4. The van der Waals surface area contributed by atoms with Gasteiger partial charge >= 0.3 is 0 Å². The van der Waals surface area contributed by atoms with Gasteiger partial charge in [0.1, 0.15) is 0 Å². The van der Waals surface area contributed by atoms with Crippen LogP contribution in [0.25, 0.3) is 0 Å². The molecule has 0 fully saturated rings. The summed E-state index contributed by atoms with van der Waals surface area (Å²) < 4.78 is 0. The van der Waals surface area contributed by atoms with Crippen LogP contribution >= 0.6 is 0 Å². The van der Waals surface area contributed by atoms with E-state index in [1.165, 1.54) is 0 Å². The summed E-state index contributed by atoms with van der Waals surface area (Å²) in [6.45, 7) is 0. The molecule has 80 valence electrons. The third-order valence-corrected chi connectivity index (χ3v) is 0. The molecular formula is H16O8V2Zn3. The van der Waals surface area contributed by atoms with Gasteiger partial charge in [-0.2, -0.15) is 0 Å². The van der Waals surface area contributed by atoms with Gasteiger partial charge in [0.2, 0.25) is 0 Å². The summed E-state index contributed by atoms with van der Waals surface area (Å²) in [4.78, 5) is 0. The van der Waals surface area contributed by atoms with Gasteiger partial charge in [-0.15, -0.1) is 0 Å². The largest absolute Gasteiger partial charge is 0.412 e. The maximum atomic E-state index is 0. The zero-order chi connectivity index (χ0) is 0. The number of rotatable bonds is 0. The Morgan fingerprint density at radius 2 is 0.231 bits per heavy atom. The molecule has 0 aromatic heterocycles. The predicted molar refractivity (Wildman–Crippen MR) is 28.9 cm³/mol. The fraction of sp³-hybridized carbons (Fsp3) is 0. The summed E-state index contributed by atoms with van der Waals surface area (Å²) in [5, 5.41) is 0. The summed E-state index contributed by atoms with van der Waals surface area (Å²) in [6, 6.07) is 0. The molecule has 0 aromatic carbocycles. The molecule has 0 bridgehead atoms.